The summed E-state index contributed by atoms with van der Waals surface area (Å²) >= 11 is 0. The molecule has 1 N–H and O–H groups in total. The molecule has 1 fully saturated rings. The number of rotatable bonds is 5. The second kappa shape index (κ2) is 10.1. The molecule has 0 spiro atoms. The first-order valence-corrected chi connectivity index (χ1v) is 13.8. The van der Waals surface area contributed by atoms with Crippen LogP contribution in [0, 0.1) is 6.92 Å². The lowest BCUT2D eigenvalue weighted by molar-refractivity contribution is 0.202. The van der Waals surface area contributed by atoms with Crippen molar-refractivity contribution in [1.82, 2.24) is 24.8 Å². The Morgan fingerprint density at radius 2 is 1.38 bits per heavy atom. The minimum Gasteiger partial charge on any atom is -0.342 e. The van der Waals surface area contributed by atoms with Crippen LogP contribution in [0.2, 0.25) is 0 Å². The van der Waals surface area contributed by atoms with Gasteiger partial charge < -0.3 is 4.98 Å². The zero-order valence-corrected chi connectivity index (χ0v) is 22.1. The Morgan fingerprint density at radius 3 is 2.15 bits per heavy atom. The smallest absolute Gasteiger partial charge is 0.110 e. The molecule has 4 aromatic carbocycles. The lowest BCUT2D eigenvalue weighted by atomic mass is 9.95. The first-order valence-electron chi connectivity index (χ1n) is 13.8. The predicted molar refractivity (Wildman–Crippen MR) is 158 cm³/mol. The number of benzene rings is 4. The first-order chi connectivity index (χ1) is 19.2. The molecule has 1 saturated heterocycles. The van der Waals surface area contributed by atoms with Gasteiger partial charge in [-0.25, -0.2) is 15.0 Å². The molecule has 192 valence electrons. The monoisotopic (exact) mass is 509 g/mol. The number of nitrogens with one attached hydrogen (secondary N) is 1. The molecule has 0 aliphatic carbocycles. The zero-order valence-electron chi connectivity index (χ0n) is 22.1. The Kier molecular flexibility index (Phi) is 6.14. The van der Waals surface area contributed by atoms with E-state index in [1.165, 1.54) is 11.1 Å². The summed E-state index contributed by atoms with van der Waals surface area (Å²) in [6, 6.07) is 33.9. The highest BCUT2D eigenvalue weighted by molar-refractivity contribution is 5.86. The van der Waals surface area contributed by atoms with Crippen molar-refractivity contribution in [1.29, 1.82) is 0 Å². The molecule has 1 aliphatic rings. The largest absolute Gasteiger partial charge is 0.342 e. The highest BCUT2D eigenvalue weighted by Crippen LogP contribution is 2.32. The fourth-order valence-corrected chi connectivity index (χ4v) is 5.72. The molecule has 0 amide bonds. The molecule has 5 heteroatoms. The van der Waals surface area contributed by atoms with Crippen molar-refractivity contribution < 1.29 is 0 Å². The highest BCUT2D eigenvalue weighted by Gasteiger charge is 2.23. The third-order valence-electron chi connectivity index (χ3n) is 7.88. The van der Waals surface area contributed by atoms with Gasteiger partial charge in [-0.2, -0.15) is 0 Å². The number of hydrogen-bond donors (Lipinski definition) is 1. The fraction of sp³-hybridized carbons (Fsp3) is 0.206. The average molecular weight is 510 g/mol. The van der Waals surface area contributed by atoms with E-state index < -0.39 is 0 Å². The molecule has 7 rings (SSSR count). The van der Waals surface area contributed by atoms with Crippen LogP contribution in [-0.2, 0) is 6.54 Å². The predicted octanol–water partition coefficient (Wildman–Crippen LogP) is 7.53. The number of imidazole rings is 1. The Hall–Kier alpha value is -4.35. The third kappa shape index (κ3) is 4.82. The quantitative estimate of drug-likeness (QED) is 0.261. The minimum atomic E-state index is 0.502. The maximum absolute atomic E-state index is 5.08. The summed E-state index contributed by atoms with van der Waals surface area (Å²) in [5.41, 5.74) is 10.6. The minimum absolute atomic E-state index is 0.502. The van der Waals surface area contributed by atoms with Crippen molar-refractivity contribution in [3.63, 3.8) is 0 Å². The number of nitrogens with zero attached hydrogens (tertiary/aromatic N) is 4. The SMILES string of the molecule is Cc1ccc2nc(-c3ccc(CN4CCC(c5nc6ccccc6[nH]5)CC4)cc3)c(-c3ccccc3)nc2c1. The third-order valence-corrected chi connectivity index (χ3v) is 7.88. The topological polar surface area (TPSA) is 57.7 Å². The Labute approximate surface area is 228 Å². The molecule has 0 radical (unpaired) electrons. The molecule has 2 aromatic heterocycles. The van der Waals surface area contributed by atoms with Crippen molar-refractivity contribution in [2.45, 2.75) is 32.2 Å². The Morgan fingerprint density at radius 1 is 0.692 bits per heavy atom. The summed E-state index contributed by atoms with van der Waals surface area (Å²) in [5.74, 6) is 1.64. The van der Waals surface area contributed by atoms with Gasteiger partial charge in [0.05, 0.1) is 33.5 Å². The number of aromatic nitrogens is 4. The summed E-state index contributed by atoms with van der Waals surface area (Å²) in [7, 11) is 0. The number of aromatic amines is 1. The number of H-pyrrole nitrogens is 1. The standard InChI is InChI=1S/C34H31N5/c1-23-11-16-30-31(21-23)36-32(25-7-3-2-4-8-25)33(35-30)26-14-12-24(13-15-26)22-39-19-17-27(18-20-39)34-37-28-9-5-6-10-29(28)38-34/h2-16,21,27H,17-20,22H2,1H3,(H,37,38). The van der Waals surface area contributed by atoms with Crippen LogP contribution in [-0.4, -0.2) is 37.9 Å². The molecule has 39 heavy (non-hydrogen) atoms. The second-order valence-corrected chi connectivity index (χ2v) is 10.7. The van der Waals surface area contributed by atoms with Gasteiger partial charge in [0.1, 0.15) is 5.82 Å². The van der Waals surface area contributed by atoms with Crippen molar-refractivity contribution in [3.8, 4) is 22.5 Å². The van der Waals surface area contributed by atoms with Crippen LogP contribution in [0.3, 0.4) is 0 Å². The number of piperidine rings is 1. The Balaban J connectivity index is 1.09. The van der Waals surface area contributed by atoms with Gasteiger partial charge in [0.2, 0.25) is 0 Å². The molecular weight excluding hydrogens is 478 g/mol. The molecule has 0 atom stereocenters. The van der Waals surface area contributed by atoms with Gasteiger partial charge in [-0.1, -0.05) is 72.8 Å². The normalized spacial score (nSPS) is 14.8. The van der Waals surface area contributed by atoms with Gasteiger partial charge in [-0.3, -0.25) is 4.90 Å². The molecule has 3 heterocycles. The van der Waals surface area contributed by atoms with E-state index in [0.717, 1.165) is 82.9 Å². The van der Waals surface area contributed by atoms with Gasteiger partial charge in [-0.05, 0) is 68.2 Å². The fourth-order valence-electron chi connectivity index (χ4n) is 5.72. The average Bonchev–Trinajstić information content (AvgIpc) is 3.42. The van der Waals surface area contributed by atoms with E-state index in [2.05, 4.69) is 108 Å². The maximum Gasteiger partial charge on any atom is 0.110 e. The van der Waals surface area contributed by atoms with Crippen LogP contribution >= 0.6 is 0 Å². The molecule has 5 nitrogen and oxygen atoms in total. The lowest BCUT2D eigenvalue weighted by Crippen LogP contribution is -2.32. The van der Waals surface area contributed by atoms with Crippen LogP contribution < -0.4 is 0 Å². The molecule has 0 bridgehead atoms. The van der Waals surface area contributed by atoms with E-state index in [0.29, 0.717) is 5.92 Å². The summed E-state index contributed by atoms with van der Waals surface area (Å²) in [6.45, 7) is 5.22. The highest BCUT2D eigenvalue weighted by atomic mass is 15.1. The number of fused-ring (bicyclic) bond motifs is 2. The van der Waals surface area contributed by atoms with Crippen molar-refractivity contribution >= 4 is 22.1 Å². The first kappa shape index (κ1) is 23.7. The van der Waals surface area contributed by atoms with Crippen LogP contribution in [0.25, 0.3) is 44.6 Å². The maximum atomic E-state index is 5.08. The summed E-state index contributed by atoms with van der Waals surface area (Å²) in [4.78, 5) is 21.1. The van der Waals surface area contributed by atoms with Crippen LogP contribution in [0.4, 0.5) is 0 Å². The van der Waals surface area contributed by atoms with E-state index in [1.807, 2.05) is 6.07 Å². The van der Waals surface area contributed by atoms with Gasteiger partial charge in [0, 0.05) is 23.6 Å². The molecule has 6 aromatic rings. The molecule has 1 aliphatic heterocycles. The number of likely N-dealkylation sites (tertiary alicyclic amines) is 1. The van der Waals surface area contributed by atoms with Crippen molar-refractivity contribution in [2.75, 3.05) is 13.1 Å². The van der Waals surface area contributed by atoms with E-state index in [4.69, 9.17) is 15.0 Å². The summed E-state index contributed by atoms with van der Waals surface area (Å²) in [6.07, 6.45) is 2.26. The van der Waals surface area contributed by atoms with Gasteiger partial charge >= 0.3 is 0 Å². The number of hydrogen-bond acceptors (Lipinski definition) is 4. The van der Waals surface area contributed by atoms with Gasteiger partial charge in [0.25, 0.3) is 0 Å². The Bertz CT molecular complexity index is 1710. The van der Waals surface area contributed by atoms with E-state index in [1.54, 1.807) is 0 Å². The molecule has 0 saturated carbocycles. The summed E-state index contributed by atoms with van der Waals surface area (Å²) < 4.78 is 0. The van der Waals surface area contributed by atoms with Crippen molar-refractivity contribution in [2.24, 2.45) is 0 Å². The van der Waals surface area contributed by atoms with Crippen LogP contribution in [0.15, 0.2) is 97.1 Å². The number of para-hydroxylation sites is 2. The molecule has 0 unspecified atom stereocenters. The van der Waals surface area contributed by atoms with E-state index >= 15 is 0 Å². The van der Waals surface area contributed by atoms with Crippen LogP contribution in [0.5, 0.6) is 0 Å². The van der Waals surface area contributed by atoms with E-state index in [-0.39, 0.29) is 0 Å². The summed E-state index contributed by atoms with van der Waals surface area (Å²) in [5, 5.41) is 0. The lowest BCUT2D eigenvalue weighted by Gasteiger charge is -2.31. The second-order valence-electron chi connectivity index (χ2n) is 10.7. The van der Waals surface area contributed by atoms with Gasteiger partial charge in [-0.15, -0.1) is 0 Å². The zero-order chi connectivity index (χ0) is 26.2. The molecular formula is C34H31N5. The number of aryl methyl sites for hydroxylation is 1. The van der Waals surface area contributed by atoms with Gasteiger partial charge in [0.15, 0.2) is 0 Å². The van der Waals surface area contributed by atoms with Crippen LogP contribution in [0.1, 0.15) is 35.7 Å². The van der Waals surface area contributed by atoms with Crippen molar-refractivity contribution in [3.05, 3.63) is 114 Å². The van der Waals surface area contributed by atoms with E-state index in [9.17, 15) is 0 Å².